The van der Waals surface area contributed by atoms with E-state index in [1.165, 1.54) is 4.68 Å². The molecule has 1 atom stereocenters. The molecule has 3 aromatic rings. The Kier molecular flexibility index (Phi) is 6.60. The van der Waals surface area contributed by atoms with Crippen LogP contribution < -0.4 is 5.56 Å². The number of aromatic nitrogens is 2. The zero-order valence-corrected chi connectivity index (χ0v) is 18.2. The minimum absolute atomic E-state index is 0.179. The predicted octanol–water partition coefficient (Wildman–Crippen LogP) is 5.34. The average Bonchev–Trinajstić information content (AvgIpc) is 2.72. The van der Waals surface area contributed by atoms with Gasteiger partial charge in [-0.25, -0.2) is 4.68 Å². The summed E-state index contributed by atoms with van der Waals surface area (Å²) in [5, 5.41) is 6.51. The van der Waals surface area contributed by atoms with Gasteiger partial charge in [0.25, 0.3) is 11.5 Å². The molecule has 0 aliphatic carbocycles. The minimum atomic E-state index is -0.302. The summed E-state index contributed by atoms with van der Waals surface area (Å²) in [5.41, 5.74) is 0.869. The highest BCUT2D eigenvalue weighted by atomic mass is 35.5. The van der Waals surface area contributed by atoms with Crippen LogP contribution in [0.3, 0.4) is 0 Å². The van der Waals surface area contributed by atoms with Gasteiger partial charge < -0.3 is 4.90 Å². The highest BCUT2D eigenvalue weighted by molar-refractivity contribution is 6.35. The van der Waals surface area contributed by atoms with E-state index in [1.807, 2.05) is 19.9 Å². The van der Waals surface area contributed by atoms with Crippen molar-refractivity contribution >= 4 is 39.9 Å². The molecule has 7 heteroatoms. The van der Waals surface area contributed by atoms with Crippen molar-refractivity contribution in [3.63, 3.8) is 0 Å². The van der Waals surface area contributed by atoms with Crippen LogP contribution in [0.5, 0.6) is 0 Å². The molecule has 29 heavy (non-hydrogen) atoms. The number of nitrogens with zero attached hydrogens (tertiary/aromatic N) is 3. The van der Waals surface area contributed by atoms with Gasteiger partial charge in [0.2, 0.25) is 0 Å². The van der Waals surface area contributed by atoms with Gasteiger partial charge in [-0.1, -0.05) is 60.8 Å². The number of rotatable bonds is 6. The van der Waals surface area contributed by atoms with Crippen LogP contribution in [-0.4, -0.2) is 27.6 Å². The van der Waals surface area contributed by atoms with Gasteiger partial charge in [0, 0.05) is 29.0 Å². The van der Waals surface area contributed by atoms with Crippen LogP contribution in [-0.2, 0) is 6.54 Å². The lowest BCUT2D eigenvalue weighted by Gasteiger charge is -2.26. The Hall–Kier alpha value is -2.37. The molecular weight excluding hydrogens is 409 g/mol. The zero-order chi connectivity index (χ0) is 21.1. The Balaban J connectivity index is 2.05. The molecule has 0 bridgehead atoms. The topological polar surface area (TPSA) is 55.2 Å². The predicted molar refractivity (Wildman–Crippen MR) is 118 cm³/mol. The molecule has 3 rings (SSSR count). The molecule has 1 aromatic heterocycles. The molecule has 0 aliphatic rings. The van der Waals surface area contributed by atoms with E-state index in [2.05, 4.69) is 5.10 Å². The zero-order valence-electron chi connectivity index (χ0n) is 16.7. The first kappa shape index (κ1) is 21.3. The van der Waals surface area contributed by atoms with Crippen LogP contribution >= 0.6 is 23.2 Å². The number of hydrogen-bond donors (Lipinski definition) is 0. The maximum Gasteiger partial charge on any atom is 0.275 e. The quantitative estimate of drug-likeness (QED) is 0.529. The minimum Gasteiger partial charge on any atom is -0.333 e. The molecule has 2 aromatic carbocycles. The molecule has 1 unspecified atom stereocenters. The second-order valence-corrected chi connectivity index (χ2v) is 7.88. The fraction of sp³-hybridized carbons (Fsp3) is 0.318. The number of hydrogen-bond acceptors (Lipinski definition) is 3. The van der Waals surface area contributed by atoms with Gasteiger partial charge in [-0.05, 0) is 37.1 Å². The van der Waals surface area contributed by atoms with E-state index >= 15 is 0 Å². The maximum absolute atomic E-state index is 13.4. The lowest BCUT2D eigenvalue weighted by molar-refractivity contribution is 0.0736. The largest absolute Gasteiger partial charge is 0.333 e. The summed E-state index contributed by atoms with van der Waals surface area (Å²) in [7, 11) is 1.70. The summed E-state index contributed by atoms with van der Waals surface area (Å²) in [4.78, 5) is 27.7. The molecule has 0 fully saturated rings. The lowest BCUT2D eigenvalue weighted by atomic mass is 10.1. The normalized spacial score (nSPS) is 12.2. The average molecular weight is 432 g/mol. The third-order valence-corrected chi connectivity index (χ3v) is 5.67. The SMILES string of the molecule is CCCCn1nc(C(=O)N(C)C(C)c2ccc(Cl)cc2Cl)c2ccccc2c1=O. The Labute approximate surface area is 179 Å². The standard InChI is InChI=1S/C22H23Cl2N3O2/c1-4-5-12-27-21(28)18-9-7-6-8-17(18)20(25-27)22(29)26(3)14(2)16-11-10-15(23)13-19(16)24/h6-11,13-14H,4-5,12H2,1-3H3. The van der Waals surface area contributed by atoms with E-state index in [0.717, 1.165) is 18.4 Å². The number of benzene rings is 2. The van der Waals surface area contributed by atoms with E-state index in [1.54, 1.807) is 48.3 Å². The number of aryl methyl sites for hydroxylation is 1. The lowest BCUT2D eigenvalue weighted by Crippen LogP contribution is -2.33. The van der Waals surface area contributed by atoms with Crippen LogP contribution in [0.15, 0.2) is 47.3 Å². The van der Waals surface area contributed by atoms with Crippen molar-refractivity contribution in [3.8, 4) is 0 Å². The summed E-state index contributed by atoms with van der Waals surface area (Å²) in [6.07, 6.45) is 1.74. The van der Waals surface area contributed by atoms with Gasteiger partial charge in [-0.15, -0.1) is 0 Å². The summed E-state index contributed by atoms with van der Waals surface area (Å²) < 4.78 is 1.40. The molecule has 0 saturated carbocycles. The highest BCUT2D eigenvalue weighted by Gasteiger charge is 2.25. The van der Waals surface area contributed by atoms with Crippen molar-refractivity contribution in [3.05, 3.63) is 74.1 Å². The first-order valence-electron chi connectivity index (χ1n) is 9.57. The summed E-state index contributed by atoms with van der Waals surface area (Å²) in [6.45, 7) is 4.41. The Morgan fingerprint density at radius 1 is 1.17 bits per heavy atom. The molecule has 0 aliphatic heterocycles. The second-order valence-electron chi connectivity index (χ2n) is 7.03. The van der Waals surface area contributed by atoms with Crippen molar-refractivity contribution in [1.29, 1.82) is 0 Å². The van der Waals surface area contributed by atoms with Crippen LogP contribution in [0.25, 0.3) is 10.8 Å². The van der Waals surface area contributed by atoms with Crippen molar-refractivity contribution in [1.82, 2.24) is 14.7 Å². The summed E-state index contributed by atoms with van der Waals surface area (Å²) >= 11 is 12.3. The Bertz CT molecular complexity index is 1110. The molecule has 0 saturated heterocycles. The molecule has 5 nitrogen and oxygen atoms in total. The monoisotopic (exact) mass is 431 g/mol. The number of halogens is 2. The number of carbonyl (C=O) groups is 1. The van der Waals surface area contributed by atoms with E-state index in [0.29, 0.717) is 27.4 Å². The molecule has 152 valence electrons. The van der Waals surface area contributed by atoms with E-state index in [-0.39, 0.29) is 23.2 Å². The van der Waals surface area contributed by atoms with Crippen LogP contribution in [0.4, 0.5) is 0 Å². The third kappa shape index (κ3) is 4.31. The van der Waals surface area contributed by atoms with Gasteiger partial charge >= 0.3 is 0 Å². The van der Waals surface area contributed by atoms with E-state index < -0.39 is 0 Å². The first-order chi connectivity index (χ1) is 13.8. The molecule has 1 heterocycles. The van der Waals surface area contributed by atoms with Gasteiger partial charge in [0.05, 0.1) is 11.4 Å². The van der Waals surface area contributed by atoms with Gasteiger partial charge in [0.1, 0.15) is 0 Å². The van der Waals surface area contributed by atoms with Crippen LogP contribution in [0, 0.1) is 0 Å². The maximum atomic E-state index is 13.4. The molecule has 0 spiro atoms. The van der Waals surface area contributed by atoms with Crippen LogP contribution in [0.1, 0.15) is 48.8 Å². The van der Waals surface area contributed by atoms with Crippen molar-refractivity contribution in [2.75, 3.05) is 7.05 Å². The van der Waals surface area contributed by atoms with E-state index in [9.17, 15) is 9.59 Å². The fourth-order valence-corrected chi connectivity index (χ4v) is 3.81. The number of unbranched alkanes of at least 4 members (excludes halogenated alkanes) is 1. The fourth-order valence-electron chi connectivity index (χ4n) is 3.24. The van der Waals surface area contributed by atoms with Crippen molar-refractivity contribution in [2.45, 2.75) is 39.3 Å². The molecule has 0 radical (unpaired) electrons. The first-order valence-corrected chi connectivity index (χ1v) is 10.3. The molecule has 1 amide bonds. The third-order valence-electron chi connectivity index (χ3n) is 5.11. The smallest absolute Gasteiger partial charge is 0.275 e. The Morgan fingerprint density at radius 2 is 1.86 bits per heavy atom. The molecule has 0 N–H and O–H groups in total. The van der Waals surface area contributed by atoms with Crippen molar-refractivity contribution < 1.29 is 4.79 Å². The summed E-state index contributed by atoms with van der Waals surface area (Å²) in [6, 6.07) is 12.0. The van der Waals surface area contributed by atoms with Gasteiger partial charge in [-0.2, -0.15) is 5.10 Å². The number of amides is 1. The van der Waals surface area contributed by atoms with Gasteiger partial charge in [-0.3, -0.25) is 9.59 Å². The van der Waals surface area contributed by atoms with E-state index in [4.69, 9.17) is 23.2 Å². The van der Waals surface area contributed by atoms with Gasteiger partial charge in [0.15, 0.2) is 5.69 Å². The second kappa shape index (κ2) is 8.97. The molecular formula is C22H23Cl2N3O2. The highest BCUT2D eigenvalue weighted by Crippen LogP contribution is 2.30. The number of carbonyl (C=O) groups excluding carboxylic acids is 1. The Morgan fingerprint density at radius 3 is 2.52 bits per heavy atom. The van der Waals surface area contributed by atoms with Crippen LogP contribution in [0.2, 0.25) is 10.0 Å². The summed E-state index contributed by atoms with van der Waals surface area (Å²) in [5.74, 6) is -0.273. The van der Waals surface area contributed by atoms with Crippen molar-refractivity contribution in [2.24, 2.45) is 0 Å². The number of fused-ring (bicyclic) bond motifs is 1.